The Kier molecular flexibility index (Phi) is 42.7. The van der Waals surface area contributed by atoms with Gasteiger partial charge in [-0.15, -0.1) is 0 Å². The zero-order valence-corrected chi connectivity index (χ0v) is 22.7. The van der Waals surface area contributed by atoms with Gasteiger partial charge >= 0.3 is 0 Å². The Morgan fingerprint density at radius 2 is 0.862 bits per heavy atom. The molecule has 0 aromatic heterocycles. The lowest BCUT2D eigenvalue weighted by Gasteiger charge is -2.05. The molecule has 0 amide bonds. The monoisotopic (exact) mass is 408 g/mol. The molecule has 176 valence electrons. The van der Waals surface area contributed by atoms with Crippen LogP contribution in [0.3, 0.4) is 0 Å². The fraction of sp³-hybridized carbons (Fsp3) is 0.793. The molecule has 1 aromatic carbocycles. The second-order valence-electron chi connectivity index (χ2n) is 7.20. The minimum absolute atomic E-state index is 1.16. The molecular weight excluding hydrogens is 348 g/mol. The molecule has 1 rings (SSSR count). The van der Waals surface area contributed by atoms with E-state index in [-0.39, 0.29) is 0 Å². The van der Waals surface area contributed by atoms with Crippen molar-refractivity contribution in [3.05, 3.63) is 34.9 Å². The van der Waals surface area contributed by atoms with Gasteiger partial charge in [-0.3, -0.25) is 0 Å². The minimum Gasteiger partial charge on any atom is -0.0683 e. The molecule has 0 aliphatic rings. The van der Waals surface area contributed by atoms with E-state index < -0.39 is 0 Å². The average Bonchev–Trinajstić information content (AvgIpc) is 2.76. The highest BCUT2D eigenvalue weighted by atomic mass is 14.0. The van der Waals surface area contributed by atoms with Gasteiger partial charge in [-0.05, 0) is 37.3 Å². The van der Waals surface area contributed by atoms with Gasteiger partial charge in [0.05, 0.1) is 0 Å². The molecular formula is C29H60. The molecule has 0 radical (unpaired) electrons. The summed E-state index contributed by atoms with van der Waals surface area (Å²) in [6, 6.07) is 6.99. The lowest BCUT2D eigenvalue weighted by atomic mass is 10.0. The molecule has 0 bridgehead atoms. The van der Waals surface area contributed by atoms with Gasteiger partial charge in [-0.25, -0.2) is 0 Å². The Labute approximate surface area is 188 Å². The number of unbranched alkanes of at least 4 members (excludes halogenated alkanes) is 7. The molecule has 0 heteroatoms. The standard InChI is InChI=1S/C14H22.C6H14.C5H12.2C2H6/c1-4-6-7-8-14-10-12(3)9-13(5-2)11-14;1-3-5-6-4-2;1-3-5-4-2;2*1-2/h9-11H,4-8H2,1-3H3;3-6H2,1-2H3;3-5H2,1-2H3;2*1-2H3. The third-order valence-electron chi connectivity index (χ3n) is 4.34. The maximum Gasteiger partial charge on any atom is -0.0279 e. The van der Waals surface area contributed by atoms with Crippen molar-refractivity contribution in [2.45, 2.75) is 153 Å². The molecule has 0 aliphatic heterocycles. The van der Waals surface area contributed by atoms with Gasteiger partial charge in [0.15, 0.2) is 0 Å². The van der Waals surface area contributed by atoms with Gasteiger partial charge in [0.2, 0.25) is 0 Å². The van der Waals surface area contributed by atoms with E-state index in [1.54, 1.807) is 0 Å². The van der Waals surface area contributed by atoms with Gasteiger partial charge in [0.1, 0.15) is 0 Å². The van der Waals surface area contributed by atoms with Gasteiger partial charge in [-0.2, -0.15) is 0 Å². The summed E-state index contributed by atoms with van der Waals surface area (Å²) in [7, 11) is 0. The van der Waals surface area contributed by atoms with E-state index in [1.165, 1.54) is 87.3 Å². The summed E-state index contributed by atoms with van der Waals surface area (Å²) in [6.07, 6.45) is 16.0. The van der Waals surface area contributed by atoms with Crippen molar-refractivity contribution in [2.24, 2.45) is 0 Å². The van der Waals surface area contributed by atoms with E-state index >= 15 is 0 Å². The van der Waals surface area contributed by atoms with E-state index in [0.29, 0.717) is 0 Å². The third kappa shape index (κ3) is 32.1. The first-order valence-corrected chi connectivity index (χ1v) is 13.2. The Morgan fingerprint density at radius 1 is 0.483 bits per heavy atom. The first-order chi connectivity index (χ1) is 14.1. The van der Waals surface area contributed by atoms with E-state index in [1.807, 2.05) is 27.7 Å². The van der Waals surface area contributed by atoms with Crippen LogP contribution in [0.5, 0.6) is 0 Å². The Bertz CT molecular complexity index is 358. The third-order valence-corrected chi connectivity index (χ3v) is 4.34. The molecule has 0 nitrogen and oxygen atoms in total. The molecule has 0 saturated carbocycles. The van der Waals surface area contributed by atoms with Gasteiger partial charge < -0.3 is 0 Å². The highest BCUT2D eigenvalue weighted by molar-refractivity contribution is 5.29. The SMILES string of the molecule is CC.CC.CCCCC.CCCCCC.CCCCCc1cc(C)cc(CC)c1. The lowest BCUT2D eigenvalue weighted by Crippen LogP contribution is -1.90. The largest absolute Gasteiger partial charge is 0.0683 e. The first-order valence-electron chi connectivity index (χ1n) is 13.2. The Balaban J connectivity index is -0.000000174. The van der Waals surface area contributed by atoms with Crippen molar-refractivity contribution in [3.8, 4) is 0 Å². The van der Waals surface area contributed by atoms with Crippen molar-refractivity contribution in [2.75, 3.05) is 0 Å². The quantitative estimate of drug-likeness (QED) is 0.337. The molecule has 0 fully saturated rings. The maximum atomic E-state index is 2.36. The number of hydrogen-bond acceptors (Lipinski definition) is 0. The Morgan fingerprint density at radius 3 is 1.21 bits per heavy atom. The predicted octanol–water partition coefficient (Wildman–Crippen LogP) is 11.1. The fourth-order valence-electron chi connectivity index (χ4n) is 2.73. The normalized spacial score (nSPS) is 8.79. The van der Waals surface area contributed by atoms with Crippen LogP contribution < -0.4 is 0 Å². The smallest absolute Gasteiger partial charge is 0.0279 e. The van der Waals surface area contributed by atoms with Crippen molar-refractivity contribution < 1.29 is 0 Å². The molecule has 1 aromatic rings. The summed E-state index contributed by atoms with van der Waals surface area (Å²) in [5, 5.41) is 0. The second kappa shape index (κ2) is 34.7. The molecule has 0 heterocycles. The molecule has 0 N–H and O–H groups in total. The zero-order valence-electron chi connectivity index (χ0n) is 22.7. The van der Waals surface area contributed by atoms with Crippen molar-refractivity contribution in [3.63, 3.8) is 0 Å². The van der Waals surface area contributed by atoms with Crippen LogP contribution in [0, 0.1) is 6.92 Å². The van der Waals surface area contributed by atoms with Crippen LogP contribution >= 0.6 is 0 Å². The Hall–Kier alpha value is -0.780. The van der Waals surface area contributed by atoms with E-state index in [9.17, 15) is 0 Å². The van der Waals surface area contributed by atoms with Crippen LogP contribution in [-0.4, -0.2) is 0 Å². The van der Waals surface area contributed by atoms with Gasteiger partial charge in [0.25, 0.3) is 0 Å². The number of hydrogen-bond donors (Lipinski definition) is 0. The van der Waals surface area contributed by atoms with Crippen LogP contribution in [0.15, 0.2) is 18.2 Å². The van der Waals surface area contributed by atoms with Crippen molar-refractivity contribution >= 4 is 0 Å². The van der Waals surface area contributed by atoms with E-state index in [2.05, 4.69) is 66.7 Å². The van der Waals surface area contributed by atoms with Crippen LogP contribution in [0.25, 0.3) is 0 Å². The summed E-state index contributed by atoms with van der Waals surface area (Å²) < 4.78 is 0. The van der Waals surface area contributed by atoms with Gasteiger partial charge in [-0.1, -0.05) is 151 Å². The maximum absolute atomic E-state index is 2.36. The lowest BCUT2D eigenvalue weighted by molar-refractivity contribution is 0.702. The first kappa shape index (κ1) is 35.6. The fourth-order valence-corrected chi connectivity index (χ4v) is 2.73. The topological polar surface area (TPSA) is 0 Å². The molecule has 0 atom stereocenters. The number of rotatable bonds is 10. The highest BCUT2D eigenvalue weighted by Crippen LogP contribution is 2.13. The highest BCUT2D eigenvalue weighted by Gasteiger charge is 1.97. The van der Waals surface area contributed by atoms with Crippen LogP contribution in [0.1, 0.15) is 150 Å². The summed E-state index contributed by atoms with van der Waals surface area (Å²) >= 11 is 0. The van der Waals surface area contributed by atoms with E-state index in [0.717, 1.165) is 6.42 Å². The minimum atomic E-state index is 1.16. The molecule has 0 unspecified atom stereocenters. The summed E-state index contributed by atoms with van der Waals surface area (Å²) in [6.45, 7) is 23.6. The van der Waals surface area contributed by atoms with Crippen LogP contribution in [0.4, 0.5) is 0 Å². The van der Waals surface area contributed by atoms with Crippen molar-refractivity contribution in [1.29, 1.82) is 0 Å². The second-order valence-corrected chi connectivity index (χ2v) is 7.20. The van der Waals surface area contributed by atoms with Gasteiger partial charge in [0, 0.05) is 0 Å². The molecule has 0 aliphatic carbocycles. The summed E-state index contributed by atoms with van der Waals surface area (Å²) in [4.78, 5) is 0. The predicted molar refractivity (Wildman–Crippen MR) is 141 cm³/mol. The molecule has 0 spiro atoms. The average molecular weight is 409 g/mol. The van der Waals surface area contributed by atoms with E-state index in [4.69, 9.17) is 0 Å². The molecule has 29 heavy (non-hydrogen) atoms. The van der Waals surface area contributed by atoms with Crippen LogP contribution in [0.2, 0.25) is 0 Å². The molecule has 0 saturated heterocycles. The number of aryl methyl sites for hydroxylation is 3. The summed E-state index contributed by atoms with van der Waals surface area (Å²) in [5.74, 6) is 0. The summed E-state index contributed by atoms with van der Waals surface area (Å²) in [5.41, 5.74) is 4.42. The zero-order chi connectivity index (χ0) is 23.3. The number of benzene rings is 1. The van der Waals surface area contributed by atoms with Crippen molar-refractivity contribution in [1.82, 2.24) is 0 Å². The van der Waals surface area contributed by atoms with Crippen LogP contribution in [-0.2, 0) is 12.8 Å².